The first kappa shape index (κ1) is 12.7. The van der Waals surface area contributed by atoms with Crippen LogP contribution in [0.2, 0.25) is 10.0 Å². The van der Waals surface area contributed by atoms with E-state index in [0.29, 0.717) is 24.4 Å². The van der Waals surface area contributed by atoms with E-state index in [1.807, 2.05) is 0 Å². The molecule has 0 aliphatic carbocycles. The van der Waals surface area contributed by atoms with E-state index in [2.05, 4.69) is 4.52 Å². The molecule has 2 radical (unpaired) electrons. The van der Waals surface area contributed by atoms with Crippen molar-refractivity contribution in [3.63, 3.8) is 0 Å². The van der Waals surface area contributed by atoms with Crippen LogP contribution in [-0.4, -0.2) is 34.2 Å². The van der Waals surface area contributed by atoms with Crippen molar-refractivity contribution < 1.29 is 18.9 Å². The first-order chi connectivity index (χ1) is 6.31. The van der Waals surface area contributed by atoms with Crippen molar-refractivity contribution in [2.75, 3.05) is 0 Å². The maximum atomic E-state index is 10.6. The molecule has 0 saturated carbocycles. The third-order valence-electron chi connectivity index (χ3n) is 1.29. The van der Waals surface area contributed by atoms with Gasteiger partial charge in [-0.05, 0) is 0 Å². The molecule has 8 heteroatoms. The average Bonchev–Trinajstić information content (AvgIpc) is 2.04. The molecule has 0 saturated heterocycles. The van der Waals surface area contributed by atoms with Gasteiger partial charge >= 0.3 is 106 Å². The number of phosphoric acid groups is 1. The van der Waals surface area contributed by atoms with E-state index < -0.39 is 7.82 Å². The summed E-state index contributed by atoms with van der Waals surface area (Å²) in [6.45, 7) is 0. The fourth-order valence-corrected chi connectivity index (χ4v) is 2.38. The Balaban J connectivity index is 3.20. The average molecular weight is 357 g/mol. The van der Waals surface area contributed by atoms with Crippen LogP contribution in [0.4, 0.5) is 0 Å². The summed E-state index contributed by atoms with van der Waals surface area (Å²) in [4.78, 5) is 17.2. The summed E-state index contributed by atoms with van der Waals surface area (Å²) in [5.41, 5.74) is 0. The first-order valence-electron chi connectivity index (χ1n) is 3.30. The second kappa shape index (κ2) is 4.64. The van der Waals surface area contributed by atoms with Gasteiger partial charge in [0.1, 0.15) is 0 Å². The Bertz CT molecular complexity index is 405. The first-order valence-corrected chi connectivity index (χ1v) is 7.23. The molecule has 0 unspecified atom stereocenters. The van der Waals surface area contributed by atoms with Crippen LogP contribution in [0.5, 0.6) is 5.75 Å². The topological polar surface area (TPSA) is 66.8 Å². The minimum atomic E-state index is -4.62. The molecule has 0 fully saturated rings. The normalized spacial score (nSPS) is 11.4. The minimum absolute atomic E-state index is 0.0800. The third kappa shape index (κ3) is 3.33. The summed E-state index contributed by atoms with van der Waals surface area (Å²) in [6.07, 6.45) is 0. The molecule has 0 amide bonds. The molecule has 0 aliphatic heterocycles. The molecular formula is C6H4Cl2InO4P. The van der Waals surface area contributed by atoms with Crippen LogP contribution in [0.3, 0.4) is 0 Å². The van der Waals surface area contributed by atoms with Crippen LogP contribution in [-0.2, 0) is 4.57 Å². The Morgan fingerprint density at radius 3 is 2.43 bits per heavy atom. The van der Waals surface area contributed by atoms with Crippen LogP contribution in [0.15, 0.2) is 12.1 Å². The van der Waals surface area contributed by atoms with Gasteiger partial charge in [-0.25, -0.2) is 0 Å². The van der Waals surface area contributed by atoms with Crippen LogP contribution >= 0.6 is 31.0 Å². The summed E-state index contributed by atoms with van der Waals surface area (Å²) in [6, 6.07) is 3.16. The van der Waals surface area contributed by atoms with Gasteiger partial charge in [-0.15, -0.1) is 0 Å². The zero-order chi connectivity index (χ0) is 10.9. The van der Waals surface area contributed by atoms with Crippen molar-refractivity contribution in [2.45, 2.75) is 0 Å². The molecule has 74 valence electrons. The van der Waals surface area contributed by atoms with Gasteiger partial charge in [0.15, 0.2) is 0 Å². The summed E-state index contributed by atoms with van der Waals surface area (Å²) in [5, 5.41) is 0.236. The van der Waals surface area contributed by atoms with E-state index in [-0.39, 0.29) is 15.8 Å². The molecule has 1 rings (SSSR count). The van der Waals surface area contributed by atoms with Gasteiger partial charge in [-0.3, -0.25) is 0 Å². The monoisotopic (exact) mass is 356 g/mol. The summed E-state index contributed by atoms with van der Waals surface area (Å²) in [5.74, 6) is -0.160. The Morgan fingerprint density at radius 1 is 1.36 bits per heavy atom. The summed E-state index contributed by atoms with van der Waals surface area (Å²) < 4.78 is 15.7. The second-order valence-corrected chi connectivity index (χ2v) is 6.09. The SMILES string of the molecule is O=P(O)(O)Oc1c(Cl)cc[c]([In])c1Cl. The molecule has 0 aromatic heterocycles. The van der Waals surface area contributed by atoms with Gasteiger partial charge < -0.3 is 0 Å². The van der Waals surface area contributed by atoms with Gasteiger partial charge in [0, 0.05) is 0 Å². The Hall–Kier alpha value is 0.620. The zero-order valence-electron chi connectivity index (χ0n) is 6.65. The van der Waals surface area contributed by atoms with Crippen molar-refractivity contribution in [3.8, 4) is 5.75 Å². The molecule has 2 N–H and O–H groups in total. The predicted molar refractivity (Wildman–Crippen MR) is 54.5 cm³/mol. The van der Waals surface area contributed by atoms with Gasteiger partial charge in [-0.2, -0.15) is 0 Å². The van der Waals surface area contributed by atoms with E-state index >= 15 is 0 Å². The molecule has 0 aliphatic rings. The maximum absolute atomic E-state index is 10.6. The summed E-state index contributed by atoms with van der Waals surface area (Å²) in [7, 11) is -4.62. The second-order valence-electron chi connectivity index (χ2n) is 2.36. The van der Waals surface area contributed by atoms with Crippen LogP contribution in [0.1, 0.15) is 0 Å². The Kier molecular flexibility index (Phi) is 4.21. The molecule has 0 bridgehead atoms. The number of rotatable bonds is 2. The zero-order valence-corrected chi connectivity index (χ0v) is 12.3. The van der Waals surface area contributed by atoms with Crippen molar-refractivity contribution >= 4 is 58.7 Å². The van der Waals surface area contributed by atoms with Crippen LogP contribution in [0.25, 0.3) is 0 Å². The Labute approximate surface area is 105 Å². The molecular weight excluding hydrogens is 353 g/mol. The quantitative estimate of drug-likeness (QED) is 0.783. The van der Waals surface area contributed by atoms with E-state index in [0.717, 1.165) is 3.32 Å². The fraction of sp³-hybridized carbons (Fsp3) is 0. The van der Waals surface area contributed by atoms with E-state index in [9.17, 15) is 4.57 Å². The Morgan fingerprint density at radius 2 is 1.93 bits per heavy atom. The molecule has 0 atom stereocenters. The van der Waals surface area contributed by atoms with E-state index in [1.54, 1.807) is 6.07 Å². The van der Waals surface area contributed by atoms with Crippen molar-refractivity contribution in [1.82, 2.24) is 0 Å². The molecule has 0 spiro atoms. The molecule has 0 heterocycles. The molecule has 14 heavy (non-hydrogen) atoms. The standard InChI is InChI=1S/C6H4Cl2O4P.In/c7-4-2-1-3-5(8)6(4)12-13(9,10)11;/h1-2H,(H2,9,10,11);. The van der Waals surface area contributed by atoms with Crippen LogP contribution in [0, 0.1) is 0 Å². The summed E-state index contributed by atoms with van der Waals surface area (Å²) >= 11 is 12.2. The number of phosphoric ester groups is 1. The van der Waals surface area contributed by atoms with Crippen LogP contribution < -0.4 is 7.84 Å². The number of hydrogen-bond donors (Lipinski definition) is 2. The molecule has 1 aromatic rings. The predicted octanol–water partition coefficient (Wildman–Crippen LogP) is 1.26. The molecule has 1 aromatic carbocycles. The van der Waals surface area contributed by atoms with E-state index in [4.69, 9.17) is 33.0 Å². The molecule has 4 nitrogen and oxygen atoms in total. The van der Waals surface area contributed by atoms with Gasteiger partial charge in [0.25, 0.3) is 0 Å². The number of hydrogen-bond acceptors (Lipinski definition) is 2. The number of halogens is 2. The number of benzene rings is 1. The third-order valence-corrected chi connectivity index (χ3v) is 4.29. The van der Waals surface area contributed by atoms with Crippen molar-refractivity contribution in [3.05, 3.63) is 22.2 Å². The van der Waals surface area contributed by atoms with Gasteiger partial charge in [0.2, 0.25) is 0 Å². The van der Waals surface area contributed by atoms with Gasteiger partial charge in [-0.1, -0.05) is 0 Å². The van der Waals surface area contributed by atoms with Crippen molar-refractivity contribution in [2.24, 2.45) is 0 Å². The van der Waals surface area contributed by atoms with Gasteiger partial charge in [0.05, 0.1) is 0 Å². The fourth-order valence-electron chi connectivity index (χ4n) is 0.750. The van der Waals surface area contributed by atoms with E-state index in [1.165, 1.54) is 6.07 Å². The van der Waals surface area contributed by atoms with Crippen molar-refractivity contribution in [1.29, 1.82) is 0 Å².